The van der Waals surface area contributed by atoms with E-state index in [0.717, 1.165) is 5.56 Å². The van der Waals surface area contributed by atoms with Crippen molar-refractivity contribution in [3.05, 3.63) is 65.0 Å². The second kappa shape index (κ2) is 9.85. The number of nitrogens with two attached hydrogens (primary N) is 1. The number of amides is 1. The van der Waals surface area contributed by atoms with Gasteiger partial charge in [0.2, 0.25) is 0 Å². The molecule has 0 radical (unpaired) electrons. The first-order valence-electron chi connectivity index (χ1n) is 8.98. The number of hydrogen-bond acceptors (Lipinski definition) is 4. The van der Waals surface area contributed by atoms with Crippen molar-refractivity contribution in [3.63, 3.8) is 0 Å². The second-order valence-electron chi connectivity index (χ2n) is 6.83. The second-order valence-corrected chi connectivity index (χ2v) is 6.83. The van der Waals surface area contributed by atoms with Gasteiger partial charge in [-0.25, -0.2) is 4.39 Å². The summed E-state index contributed by atoms with van der Waals surface area (Å²) in [6.07, 6.45) is -1.07. The maximum Gasteiger partial charge on any atom is 0.254 e. The molecule has 0 saturated heterocycles. The highest BCUT2D eigenvalue weighted by molar-refractivity contribution is 5.94. The van der Waals surface area contributed by atoms with E-state index >= 15 is 0 Å². The maximum atomic E-state index is 14.5. The number of carbonyl (C=O) groups excluding carboxylic acids is 1. The molecular formula is C21H26FN3O3. The number of nitrogens with one attached hydrogen (secondary N) is 2. The van der Waals surface area contributed by atoms with Gasteiger partial charge in [-0.1, -0.05) is 38.1 Å². The highest BCUT2D eigenvalue weighted by Gasteiger charge is 2.23. The Morgan fingerprint density at radius 2 is 1.89 bits per heavy atom. The Balaban J connectivity index is 2.03. The lowest BCUT2D eigenvalue weighted by molar-refractivity contribution is -0.131. The third-order valence-electron chi connectivity index (χ3n) is 4.04. The average Bonchev–Trinajstić information content (AvgIpc) is 2.67. The van der Waals surface area contributed by atoms with Crippen molar-refractivity contribution < 1.29 is 18.7 Å². The summed E-state index contributed by atoms with van der Waals surface area (Å²) >= 11 is 0. The zero-order chi connectivity index (χ0) is 20.7. The molecule has 0 heterocycles. The first-order valence-corrected chi connectivity index (χ1v) is 8.98. The van der Waals surface area contributed by atoms with Crippen molar-refractivity contribution in [1.29, 1.82) is 5.41 Å². The lowest BCUT2D eigenvalue weighted by atomic mass is 10.1. The van der Waals surface area contributed by atoms with E-state index < -0.39 is 17.8 Å². The van der Waals surface area contributed by atoms with E-state index in [2.05, 4.69) is 5.32 Å². The summed E-state index contributed by atoms with van der Waals surface area (Å²) in [5.41, 5.74) is 6.99. The van der Waals surface area contributed by atoms with Crippen LogP contribution in [0.15, 0.2) is 42.5 Å². The Labute approximate surface area is 164 Å². The van der Waals surface area contributed by atoms with Crippen molar-refractivity contribution in [1.82, 2.24) is 5.32 Å². The summed E-state index contributed by atoms with van der Waals surface area (Å²) in [6.45, 7) is 4.73. The maximum absolute atomic E-state index is 14.5. The lowest BCUT2D eigenvalue weighted by Gasteiger charge is -2.17. The summed E-state index contributed by atoms with van der Waals surface area (Å²) < 4.78 is 25.2. The Hall–Kier alpha value is -2.93. The molecule has 0 aliphatic heterocycles. The summed E-state index contributed by atoms with van der Waals surface area (Å²) in [4.78, 5) is 12.5. The van der Waals surface area contributed by atoms with Crippen LogP contribution in [-0.4, -0.2) is 25.5 Å². The Bertz CT molecular complexity index is 822. The molecule has 2 aromatic carbocycles. The summed E-state index contributed by atoms with van der Waals surface area (Å²) in [5.74, 6) is -0.297. The van der Waals surface area contributed by atoms with E-state index in [4.69, 9.17) is 20.6 Å². The SMILES string of the molecule is COC(C(=O)NCc1ccc(C(=N)N)cc1)c1ccc(OCC(C)C)cc1F. The number of methoxy groups -OCH3 is 1. The molecule has 0 bridgehead atoms. The minimum atomic E-state index is -1.07. The van der Waals surface area contributed by atoms with Gasteiger partial charge < -0.3 is 20.5 Å². The zero-order valence-electron chi connectivity index (χ0n) is 16.3. The predicted molar refractivity (Wildman–Crippen MR) is 106 cm³/mol. The van der Waals surface area contributed by atoms with Crippen LogP contribution in [0.3, 0.4) is 0 Å². The van der Waals surface area contributed by atoms with Crippen LogP contribution in [0.4, 0.5) is 4.39 Å². The van der Waals surface area contributed by atoms with Crippen LogP contribution in [0.2, 0.25) is 0 Å². The standard InChI is InChI=1S/C21H26FN3O3/c1-13(2)12-28-16-8-9-17(18(22)10-16)19(27-3)21(26)25-11-14-4-6-15(7-5-14)20(23)24/h4-10,13,19H,11-12H2,1-3H3,(H3,23,24)(H,25,26). The minimum absolute atomic E-state index is 0.0219. The van der Waals surface area contributed by atoms with Gasteiger partial charge in [0.15, 0.2) is 6.10 Å². The third kappa shape index (κ3) is 5.79. The highest BCUT2D eigenvalue weighted by atomic mass is 19.1. The van der Waals surface area contributed by atoms with Gasteiger partial charge in [0.1, 0.15) is 17.4 Å². The average molecular weight is 387 g/mol. The molecule has 1 atom stereocenters. The van der Waals surface area contributed by atoms with Crippen LogP contribution < -0.4 is 15.8 Å². The largest absolute Gasteiger partial charge is 0.493 e. The minimum Gasteiger partial charge on any atom is -0.493 e. The van der Waals surface area contributed by atoms with Crippen LogP contribution in [0.5, 0.6) is 5.75 Å². The van der Waals surface area contributed by atoms with Crippen LogP contribution >= 0.6 is 0 Å². The molecule has 6 nitrogen and oxygen atoms in total. The van der Waals surface area contributed by atoms with Gasteiger partial charge >= 0.3 is 0 Å². The molecule has 0 fully saturated rings. The van der Waals surface area contributed by atoms with Crippen molar-refractivity contribution in [2.24, 2.45) is 11.7 Å². The normalized spacial score (nSPS) is 11.9. The van der Waals surface area contributed by atoms with E-state index in [1.807, 2.05) is 13.8 Å². The first-order chi connectivity index (χ1) is 13.3. The van der Waals surface area contributed by atoms with Crippen molar-refractivity contribution in [2.75, 3.05) is 13.7 Å². The van der Waals surface area contributed by atoms with Gasteiger partial charge in [-0.3, -0.25) is 10.2 Å². The fraction of sp³-hybridized carbons (Fsp3) is 0.333. The molecule has 2 aromatic rings. The van der Waals surface area contributed by atoms with Gasteiger partial charge in [-0.15, -0.1) is 0 Å². The van der Waals surface area contributed by atoms with Crippen LogP contribution in [0.25, 0.3) is 0 Å². The molecule has 4 N–H and O–H groups in total. The molecule has 150 valence electrons. The van der Waals surface area contributed by atoms with E-state index in [1.54, 1.807) is 30.3 Å². The van der Waals surface area contributed by atoms with E-state index in [-0.39, 0.29) is 17.9 Å². The Kier molecular flexibility index (Phi) is 7.52. The fourth-order valence-corrected chi connectivity index (χ4v) is 2.53. The third-order valence-corrected chi connectivity index (χ3v) is 4.04. The van der Waals surface area contributed by atoms with Crippen molar-refractivity contribution in [3.8, 4) is 5.75 Å². The summed E-state index contributed by atoms with van der Waals surface area (Å²) in [6, 6.07) is 11.3. The first kappa shape index (κ1) is 21.4. The van der Waals surface area contributed by atoms with Gasteiger partial charge in [0.25, 0.3) is 5.91 Å². The molecule has 7 heteroatoms. The Morgan fingerprint density at radius 3 is 2.43 bits per heavy atom. The lowest BCUT2D eigenvalue weighted by Crippen LogP contribution is -2.30. The van der Waals surface area contributed by atoms with E-state index in [0.29, 0.717) is 23.8 Å². The number of rotatable bonds is 9. The number of nitrogen functional groups attached to an aromatic ring is 1. The quantitative estimate of drug-likeness (QED) is 0.455. The van der Waals surface area contributed by atoms with E-state index in [1.165, 1.54) is 19.2 Å². The highest BCUT2D eigenvalue weighted by Crippen LogP contribution is 2.25. The fourth-order valence-electron chi connectivity index (χ4n) is 2.53. The van der Waals surface area contributed by atoms with Gasteiger partial charge in [0.05, 0.1) is 6.61 Å². The predicted octanol–water partition coefficient (Wildman–Crippen LogP) is 3.15. The molecule has 28 heavy (non-hydrogen) atoms. The number of hydrogen-bond donors (Lipinski definition) is 3. The number of ether oxygens (including phenoxy) is 2. The molecule has 0 aromatic heterocycles. The summed E-state index contributed by atoms with van der Waals surface area (Å²) in [5, 5.41) is 10.1. The molecule has 1 unspecified atom stereocenters. The number of carbonyl (C=O) groups is 1. The molecule has 1 amide bonds. The van der Waals surface area contributed by atoms with Gasteiger partial charge in [-0.05, 0) is 23.6 Å². The Morgan fingerprint density at radius 1 is 1.21 bits per heavy atom. The van der Waals surface area contributed by atoms with Gasteiger partial charge in [0, 0.05) is 30.8 Å². The number of benzene rings is 2. The zero-order valence-corrected chi connectivity index (χ0v) is 16.3. The molecule has 0 saturated carbocycles. The van der Waals surface area contributed by atoms with Gasteiger partial charge in [-0.2, -0.15) is 0 Å². The van der Waals surface area contributed by atoms with Crippen LogP contribution in [0.1, 0.15) is 36.6 Å². The number of amidine groups is 1. The molecule has 0 spiro atoms. The van der Waals surface area contributed by atoms with E-state index in [9.17, 15) is 9.18 Å². The molecule has 0 aliphatic rings. The summed E-state index contributed by atoms with van der Waals surface area (Å²) in [7, 11) is 1.36. The molecule has 2 rings (SSSR count). The molecule has 0 aliphatic carbocycles. The van der Waals surface area contributed by atoms with Crippen molar-refractivity contribution >= 4 is 11.7 Å². The van der Waals surface area contributed by atoms with Crippen molar-refractivity contribution in [2.45, 2.75) is 26.5 Å². The molecular weight excluding hydrogens is 361 g/mol. The smallest absolute Gasteiger partial charge is 0.254 e. The van der Waals surface area contributed by atoms with Crippen LogP contribution in [0, 0.1) is 17.1 Å². The monoisotopic (exact) mass is 387 g/mol. The topological polar surface area (TPSA) is 97.4 Å². The number of halogens is 1. The van der Waals surface area contributed by atoms with Crippen LogP contribution in [-0.2, 0) is 16.1 Å².